The molecule has 2 unspecified atom stereocenters. The molecule has 1 heterocycles. The van der Waals surface area contributed by atoms with Crippen molar-refractivity contribution in [3.63, 3.8) is 0 Å². The van der Waals surface area contributed by atoms with Crippen LogP contribution < -0.4 is 0 Å². The van der Waals surface area contributed by atoms with Crippen LogP contribution in [0.1, 0.15) is 57.3 Å². The topological polar surface area (TPSA) is 12.9 Å². The molecular formula is C55H37N. The zero-order valence-corrected chi connectivity index (χ0v) is 31.0. The fourth-order valence-electron chi connectivity index (χ4n) is 12.0. The molecule has 0 saturated heterocycles. The summed E-state index contributed by atoms with van der Waals surface area (Å²) in [5.74, 6) is 0. The van der Waals surface area contributed by atoms with E-state index in [4.69, 9.17) is 4.98 Å². The van der Waals surface area contributed by atoms with Crippen molar-refractivity contribution < 1.29 is 0 Å². The normalized spacial score (nSPS) is 19.3. The molecule has 9 aromatic rings. The molecule has 0 fully saturated rings. The van der Waals surface area contributed by atoms with Crippen molar-refractivity contribution in [2.45, 2.75) is 36.5 Å². The molecule has 0 saturated carbocycles. The summed E-state index contributed by atoms with van der Waals surface area (Å²) in [4.78, 5) is 4.81. The SMILES string of the molecule is c1ccc2c(c1)CCC21c2ccccc2-c2ccc(-c3c4ccccc4c(-c4ccc5c(c4)C4(CCc6ccccc64)c4ccccc4-5)c4cnccc34)cc21. The van der Waals surface area contributed by atoms with Crippen molar-refractivity contribution in [1.29, 1.82) is 0 Å². The van der Waals surface area contributed by atoms with E-state index in [1.807, 2.05) is 6.20 Å². The Morgan fingerprint density at radius 3 is 1.34 bits per heavy atom. The summed E-state index contributed by atoms with van der Waals surface area (Å²) >= 11 is 0. The molecule has 0 aliphatic heterocycles. The Hall–Kier alpha value is -6.57. The molecule has 56 heavy (non-hydrogen) atoms. The first kappa shape index (κ1) is 30.7. The van der Waals surface area contributed by atoms with Gasteiger partial charge in [-0.05, 0) is 149 Å². The fraction of sp³-hybridized carbons (Fsp3) is 0.109. The number of nitrogens with zero attached hydrogens (tertiary/aromatic N) is 1. The van der Waals surface area contributed by atoms with Gasteiger partial charge in [0.1, 0.15) is 0 Å². The number of aromatic nitrogens is 1. The van der Waals surface area contributed by atoms with Gasteiger partial charge in [-0.3, -0.25) is 4.98 Å². The van der Waals surface area contributed by atoms with Crippen LogP contribution in [-0.4, -0.2) is 4.98 Å². The third-order valence-electron chi connectivity index (χ3n) is 14.2. The van der Waals surface area contributed by atoms with Crippen LogP contribution in [0.15, 0.2) is 176 Å². The van der Waals surface area contributed by atoms with Crippen LogP contribution in [0.25, 0.3) is 66.1 Å². The number of hydrogen-bond donors (Lipinski definition) is 0. The zero-order valence-electron chi connectivity index (χ0n) is 31.0. The second kappa shape index (κ2) is 11.0. The van der Waals surface area contributed by atoms with Crippen LogP contribution in [0.4, 0.5) is 0 Å². The number of pyridine rings is 1. The van der Waals surface area contributed by atoms with Gasteiger partial charge in [-0.15, -0.1) is 0 Å². The van der Waals surface area contributed by atoms with Crippen LogP contribution in [-0.2, 0) is 23.7 Å². The van der Waals surface area contributed by atoms with Gasteiger partial charge in [0.15, 0.2) is 0 Å². The van der Waals surface area contributed by atoms with Gasteiger partial charge < -0.3 is 0 Å². The van der Waals surface area contributed by atoms with Gasteiger partial charge in [0, 0.05) is 28.6 Å². The summed E-state index contributed by atoms with van der Waals surface area (Å²) < 4.78 is 0. The lowest BCUT2D eigenvalue weighted by molar-refractivity contribution is 0.626. The van der Waals surface area contributed by atoms with Crippen molar-refractivity contribution in [1.82, 2.24) is 4.98 Å². The molecule has 0 amide bonds. The fourth-order valence-corrected chi connectivity index (χ4v) is 12.0. The second-order valence-corrected chi connectivity index (χ2v) is 16.5. The molecule has 0 N–H and O–H groups in total. The molecule has 1 heteroatoms. The van der Waals surface area contributed by atoms with Gasteiger partial charge in [0.05, 0.1) is 0 Å². The van der Waals surface area contributed by atoms with Crippen LogP contribution in [0.3, 0.4) is 0 Å². The molecule has 0 bridgehead atoms. The Morgan fingerprint density at radius 1 is 0.357 bits per heavy atom. The lowest BCUT2D eigenvalue weighted by Crippen LogP contribution is -2.23. The van der Waals surface area contributed by atoms with Crippen LogP contribution in [0.5, 0.6) is 0 Å². The molecule has 8 aromatic carbocycles. The van der Waals surface area contributed by atoms with E-state index in [0.717, 1.165) is 25.7 Å². The van der Waals surface area contributed by atoms with E-state index >= 15 is 0 Å². The summed E-state index contributed by atoms with van der Waals surface area (Å²) in [7, 11) is 0. The summed E-state index contributed by atoms with van der Waals surface area (Å²) in [6.45, 7) is 0. The summed E-state index contributed by atoms with van der Waals surface area (Å²) in [5.41, 5.74) is 22.0. The van der Waals surface area contributed by atoms with E-state index in [1.165, 1.54) is 111 Å². The Balaban J connectivity index is 1.06. The van der Waals surface area contributed by atoms with E-state index in [-0.39, 0.29) is 10.8 Å². The number of aryl methyl sites for hydroxylation is 2. The van der Waals surface area contributed by atoms with Crippen molar-refractivity contribution in [2.75, 3.05) is 0 Å². The van der Waals surface area contributed by atoms with Gasteiger partial charge in [-0.1, -0.05) is 146 Å². The minimum Gasteiger partial charge on any atom is -0.264 e. The lowest BCUT2D eigenvalue weighted by Gasteiger charge is -2.29. The molecule has 4 aliphatic rings. The highest BCUT2D eigenvalue weighted by atomic mass is 14.6. The highest BCUT2D eigenvalue weighted by molar-refractivity contribution is 6.21. The number of benzene rings is 8. The van der Waals surface area contributed by atoms with E-state index in [0.29, 0.717) is 0 Å². The van der Waals surface area contributed by atoms with Gasteiger partial charge >= 0.3 is 0 Å². The molecule has 262 valence electrons. The first-order valence-corrected chi connectivity index (χ1v) is 20.2. The predicted molar refractivity (Wildman–Crippen MR) is 230 cm³/mol. The summed E-state index contributed by atoms with van der Waals surface area (Å²) in [6, 6.07) is 62.6. The van der Waals surface area contributed by atoms with Crippen molar-refractivity contribution in [3.8, 4) is 44.5 Å². The average molecular weight is 712 g/mol. The van der Waals surface area contributed by atoms with E-state index in [1.54, 1.807) is 0 Å². The lowest BCUT2D eigenvalue weighted by atomic mass is 9.72. The first-order chi connectivity index (χ1) is 27.8. The Kier molecular flexibility index (Phi) is 6.05. The van der Waals surface area contributed by atoms with Crippen molar-refractivity contribution in [2.24, 2.45) is 0 Å². The standard InChI is InChI=1S/C55H37N/c1-7-17-46-34(11-1)25-28-54(46)48-19-9-5-13-38(48)40-23-21-36(31-50(40)54)52-42-15-3-4-16-43(42)53(45-33-56-30-27-44(45)52)37-22-24-41-39-14-6-10-20-49(39)55(51(41)32-37)29-26-35-12-2-8-18-47(35)55/h1-24,27,30-33H,25-26,28-29H2. The highest BCUT2D eigenvalue weighted by Gasteiger charge is 2.49. The maximum Gasteiger partial charge on any atom is 0.0469 e. The largest absolute Gasteiger partial charge is 0.264 e. The Labute approximate surface area is 327 Å². The van der Waals surface area contributed by atoms with Gasteiger partial charge in [0.2, 0.25) is 0 Å². The Bertz CT molecular complexity index is 2900. The third-order valence-corrected chi connectivity index (χ3v) is 14.2. The van der Waals surface area contributed by atoms with Crippen LogP contribution >= 0.6 is 0 Å². The number of hydrogen-bond acceptors (Lipinski definition) is 1. The molecule has 0 radical (unpaired) electrons. The minimum absolute atomic E-state index is 0.136. The van der Waals surface area contributed by atoms with E-state index < -0.39 is 0 Å². The highest BCUT2D eigenvalue weighted by Crippen LogP contribution is 2.61. The first-order valence-electron chi connectivity index (χ1n) is 20.2. The molecule has 2 atom stereocenters. The minimum atomic E-state index is -0.140. The second-order valence-electron chi connectivity index (χ2n) is 16.5. The zero-order chi connectivity index (χ0) is 36.6. The summed E-state index contributed by atoms with van der Waals surface area (Å²) in [6.07, 6.45) is 8.47. The van der Waals surface area contributed by atoms with Crippen LogP contribution in [0.2, 0.25) is 0 Å². The molecule has 2 spiro atoms. The van der Waals surface area contributed by atoms with Gasteiger partial charge in [-0.2, -0.15) is 0 Å². The maximum absolute atomic E-state index is 4.81. The number of rotatable bonds is 2. The molecule has 4 aliphatic carbocycles. The predicted octanol–water partition coefficient (Wildman–Crippen LogP) is 13.2. The Morgan fingerprint density at radius 2 is 0.786 bits per heavy atom. The van der Waals surface area contributed by atoms with Crippen LogP contribution in [0, 0.1) is 0 Å². The van der Waals surface area contributed by atoms with Gasteiger partial charge in [-0.25, -0.2) is 0 Å². The molecule has 13 rings (SSSR count). The quantitative estimate of drug-likeness (QED) is 0.163. The van der Waals surface area contributed by atoms with Crippen molar-refractivity contribution >= 4 is 21.5 Å². The van der Waals surface area contributed by atoms with Crippen molar-refractivity contribution in [3.05, 3.63) is 221 Å². The molecule has 1 aromatic heterocycles. The monoisotopic (exact) mass is 711 g/mol. The smallest absolute Gasteiger partial charge is 0.0469 e. The maximum atomic E-state index is 4.81. The molecule has 1 nitrogen and oxygen atoms in total. The van der Waals surface area contributed by atoms with E-state index in [2.05, 4.69) is 170 Å². The van der Waals surface area contributed by atoms with Gasteiger partial charge in [0.25, 0.3) is 0 Å². The summed E-state index contributed by atoms with van der Waals surface area (Å²) in [5, 5.41) is 4.99. The van der Waals surface area contributed by atoms with E-state index in [9.17, 15) is 0 Å². The average Bonchev–Trinajstić information content (AvgIpc) is 4.00. The third kappa shape index (κ3) is 3.74. The molecular weight excluding hydrogens is 675 g/mol. The number of fused-ring (bicyclic) bond motifs is 16.